The van der Waals surface area contributed by atoms with E-state index in [0.717, 1.165) is 54.3 Å². The molecule has 1 aromatic carbocycles. The maximum atomic E-state index is 12.4. The Morgan fingerprint density at radius 3 is 2.53 bits per heavy atom. The van der Waals surface area contributed by atoms with Crippen molar-refractivity contribution in [1.82, 2.24) is 20.4 Å². The molecule has 0 aliphatic heterocycles. The van der Waals surface area contributed by atoms with Gasteiger partial charge in [0.25, 0.3) is 0 Å². The minimum atomic E-state index is 0. The molecule has 0 bridgehead atoms. The van der Waals surface area contributed by atoms with E-state index in [0.29, 0.717) is 13.1 Å². The highest BCUT2D eigenvalue weighted by Gasteiger charge is 2.22. The Balaban J connectivity index is 0.00000320. The molecular formula is C22H33IN6O. The molecule has 2 aromatic rings. The van der Waals surface area contributed by atoms with Crippen LogP contribution in [0.1, 0.15) is 48.2 Å². The lowest BCUT2D eigenvalue weighted by Gasteiger charge is -2.14. The molecule has 3 rings (SSSR count). The Labute approximate surface area is 196 Å². The first-order chi connectivity index (χ1) is 14.0. The molecule has 1 aliphatic rings. The quantitative estimate of drug-likeness (QED) is 0.306. The number of benzene rings is 1. The molecule has 7 nitrogen and oxygen atoms in total. The van der Waals surface area contributed by atoms with Crippen LogP contribution >= 0.6 is 24.0 Å². The van der Waals surface area contributed by atoms with Gasteiger partial charge in [-0.3, -0.25) is 14.5 Å². The van der Waals surface area contributed by atoms with Crippen LogP contribution in [0, 0.1) is 19.8 Å². The van der Waals surface area contributed by atoms with E-state index in [2.05, 4.69) is 33.0 Å². The number of rotatable bonds is 6. The van der Waals surface area contributed by atoms with Crippen LogP contribution in [0.5, 0.6) is 0 Å². The first-order valence-electron chi connectivity index (χ1n) is 10.3. The average Bonchev–Trinajstić information content (AvgIpc) is 3.32. The van der Waals surface area contributed by atoms with Crippen molar-refractivity contribution in [2.45, 2.75) is 52.6 Å². The second kappa shape index (κ2) is 11.3. The molecule has 0 unspecified atom stereocenters. The van der Waals surface area contributed by atoms with Crippen molar-refractivity contribution in [1.29, 1.82) is 0 Å². The van der Waals surface area contributed by atoms with E-state index in [1.54, 1.807) is 7.05 Å². The Kier molecular flexibility index (Phi) is 9.13. The lowest BCUT2D eigenvalue weighted by molar-refractivity contribution is -0.119. The van der Waals surface area contributed by atoms with E-state index in [9.17, 15) is 4.79 Å². The monoisotopic (exact) mass is 524 g/mol. The van der Waals surface area contributed by atoms with Gasteiger partial charge in [-0.25, -0.2) is 0 Å². The maximum Gasteiger partial charge on any atom is 0.227 e. The highest BCUT2D eigenvalue weighted by Crippen LogP contribution is 2.26. The largest absolute Gasteiger partial charge is 0.352 e. The third-order valence-electron chi connectivity index (χ3n) is 5.70. The number of nitrogens with zero attached hydrogens (tertiary/aromatic N) is 3. The first kappa shape index (κ1) is 24.2. The van der Waals surface area contributed by atoms with Crippen LogP contribution in [0.3, 0.4) is 0 Å². The van der Waals surface area contributed by atoms with E-state index < -0.39 is 0 Å². The summed E-state index contributed by atoms with van der Waals surface area (Å²) in [5.74, 6) is 1.04. The number of carbonyl (C=O) groups is 1. The van der Waals surface area contributed by atoms with Crippen LogP contribution in [0.4, 0.5) is 5.69 Å². The van der Waals surface area contributed by atoms with E-state index in [-0.39, 0.29) is 35.8 Å². The normalized spacial score (nSPS) is 14.3. The van der Waals surface area contributed by atoms with Crippen molar-refractivity contribution in [3.63, 3.8) is 0 Å². The minimum Gasteiger partial charge on any atom is -0.352 e. The van der Waals surface area contributed by atoms with Crippen LogP contribution in [0.25, 0.3) is 0 Å². The van der Waals surface area contributed by atoms with Gasteiger partial charge in [0, 0.05) is 50.0 Å². The summed E-state index contributed by atoms with van der Waals surface area (Å²) in [7, 11) is 3.72. The van der Waals surface area contributed by atoms with Crippen molar-refractivity contribution < 1.29 is 4.79 Å². The van der Waals surface area contributed by atoms with Crippen molar-refractivity contribution in [3.05, 3.63) is 46.8 Å². The van der Waals surface area contributed by atoms with Gasteiger partial charge in [-0.2, -0.15) is 5.10 Å². The molecule has 8 heteroatoms. The van der Waals surface area contributed by atoms with Crippen LogP contribution in [0.2, 0.25) is 0 Å². The number of hydrogen-bond acceptors (Lipinski definition) is 3. The van der Waals surface area contributed by atoms with Crippen molar-refractivity contribution in [2.24, 2.45) is 18.0 Å². The zero-order valence-electron chi connectivity index (χ0n) is 18.3. The molecule has 0 radical (unpaired) electrons. The molecule has 0 spiro atoms. The number of aromatic nitrogens is 2. The second-order valence-electron chi connectivity index (χ2n) is 7.72. The molecule has 1 aliphatic carbocycles. The molecule has 1 amide bonds. The fourth-order valence-electron chi connectivity index (χ4n) is 3.84. The van der Waals surface area contributed by atoms with E-state index in [1.165, 1.54) is 5.56 Å². The molecule has 1 heterocycles. The van der Waals surface area contributed by atoms with E-state index in [1.807, 2.05) is 42.9 Å². The van der Waals surface area contributed by atoms with E-state index in [4.69, 9.17) is 0 Å². The van der Waals surface area contributed by atoms with Crippen LogP contribution in [-0.4, -0.2) is 28.7 Å². The Bertz CT molecular complexity index is 886. The molecule has 164 valence electrons. The number of nitrogens with one attached hydrogen (secondary N) is 3. The van der Waals surface area contributed by atoms with Gasteiger partial charge in [-0.05, 0) is 44.4 Å². The summed E-state index contributed by atoms with van der Waals surface area (Å²) in [5, 5.41) is 14.2. The standard InChI is InChI=1S/C22H32N6O.HI/c1-15-20(16(2)28(4)27-15)14-25-22(23-3)24-13-17-8-7-11-19(12-17)26-21(29)18-9-5-6-10-18;/h7-8,11-12,18H,5-6,9-10,13-14H2,1-4H3,(H,26,29)(H2,23,24,25);1H. The van der Waals surface area contributed by atoms with Crippen LogP contribution < -0.4 is 16.0 Å². The summed E-state index contributed by atoms with van der Waals surface area (Å²) < 4.78 is 1.90. The summed E-state index contributed by atoms with van der Waals surface area (Å²) in [6.07, 6.45) is 4.33. The SMILES string of the molecule is CN=C(NCc1cccc(NC(=O)C2CCCC2)c1)NCc1c(C)nn(C)c1C.I. The molecule has 3 N–H and O–H groups in total. The zero-order chi connectivity index (χ0) is 20.8. The topological polar surface area (TPSA) is 83.3 Å². The highest BCUT2D eigenvalue weighted by molar-refractivity contribution is 14.0. The summed E-state index contributed by atoms with van der Waals surface area (Å²) in [5.41, 5.74) is 5.30. The maximum absolute atomic E-state index is 12.4. The predicted molar refractivity (Wildman–Crippen MR) is 132 cm³/mol. The number of aryl methyl sites for hydroxylation is 2. The smallest absolute Gasteiger partial charge is 0.227 e. The number of hydrogen-bond donors (Lipinski definition) is 3. The van der Waals surface area contributed by atoms with Gasteiger partial charge in [-0.15, -0.1) is 24.0 Å². The lowest BCUT2D eigenvalue weighted by Crippen LogP contribution is -2.36. The Morgan fingerprint density at radius 1 is 1.20 bits per heavy atom. The van der Waals surface area contributed by atoms with Gasteiger partial charge < -0.3 is 16.0 Å². The second-order valence-corrected chi connectivity index (χ2v) is 7.72. The molecule has 30 heavy (non-hydrogen) atoms. The van der Waals surface area contributed by atoms with Crippen molar-refractivity contribution >= 4 is 41.5 Å². The van der Waals surface area contributed by atoms with Gasteiger partial charge >= 0.3 is 0 Å². The third kappa shape index (κ3) is 6.20. The molecule has 1 aromatic heterocycles. The summed E-state index contributed by atoms with van der Waals surface area (Å²) in [6, 6.07) is 7.97. The summed E-state index contributed by atoms with van der Waals surface area (Å²) >= 11 is 0. The average molecular weight is 524 g/mol. The van der Waals surface area contributed by atoms with Gasteiger partial charge in [0.15, 0.2) is 5.96 Å². The zero-order valence-corrected chi connectivity index (χ0v) is 20.6. The number of carbonyl (C=O) groups excluding carboxylic acids is 1. The summed E-state index contributed by atoms with van der Waals surface area (Å²) in [4.78, 5) is 16.7. The number of guanidine groups is 1. The van der Waals surface area contributed by atoms with E-state index >= 15 is 0 Å². The molecule has 1 saturated carbocycles. The minimum absolute atomic E-state index is 0. The molecule has 1 fully saturated rings. The van der Waals surface area contributed by atoms with Crippen LogP contribution in [0.15, 0.2) is 29.3 Å². The first-order valence-corrected chi connectivity index (χ1v) is 10.3. The van der Waals surface area contributed by atoms with Crippen molar-refractivity contribution in [3.8, 4) is 0 Å². The summed E-state index contributed by atoms with van der Waals surface area (Å²) in [6.45, 7) is 5.38. The third-order valence-corrected chi connectivity index (χ3v) is 5.70. The molecule has 0 atom stereocenters. The van der Waals surface area contributed by atoms with Gasteiger partial charge in [-0.1, -0.05) is 25.0 Å². The fraction of sp³-hybridized carbons (Fsp3) is 0.500. The number of halogens is 1. The number of aliphatic imine (C=N–C) groups is 1. The van der Waals surface area contributed by atoms with Gasteiger partial charge in [0.2, 0.25) is 5.91 Å². The molecule has 0 saturated heterocycles. The Hall–Kier alpha value is -2.10. The lowest BCUT2D eigenvalue weighted by atomic mass is 10.1. The fourth-order valence-corrected chi connectivity index (χ4v) is 3.84. The molecular weight excluding hydrogens is 491 g/mol. The van der Waals surface area contributed by atoms with Crippen molar-refractivity contribution in [2.75, 3.05) is 12.4 Å². The van der Waals surface area contributed by atoms with Crippen LogP contribution in [-0.2, 0) is 24.9 Å². The van der Waals surface area contributed by atoms with Gasteiger partial charge in [0.05, 0.1) is 5.69 Å². The predicted octanol–water partition coefficient (Wildman–Crippen LogP) is 3.65. The number of amides is 1. The highest BCUT2D eigenvalue weighted by atomic mass is 127. The Morgan fingerprint density at radius 2 is 1.90 bits per heavy atom. The van der Waals surface area contributed by atoms with Gasteiger partial charge in [0.1, 0.15) is 0 Å². The number of anilines is 1.